The molecule has 2 aliphatic rings. The maximum Gasteiger partial charge on any atom is 0.229 e. The Morgan fingerprint density at radius 2 is 2.00 bits per heavy atom. The number of fused-ring (bicyclic) bond motifs is 2. The van der Waals surface area contributed by atoms with Crippen molar-refractivity contribution in [3.8, 4) is 5.75 Å². The van der Waals surface area contributed by atoms with E-state index >= 15 is 0 Å². The maximum atomic E-state index is 5.67. The van der Waals surface area contributed by atoms with Gasteiger partial charge in [-0.25, -0.2) is 9.67 Å². The fourth-order valence-corrected chi connectivity index (χ4v) is 4.91. The molecule has 1 aliphatic carbocycles. The number of nitrogens with zero attached hydrogens (tertiary/aromatic N) is 5. The van der Waals surface area contributed by atoms with Gasteiger partial charge in [-0.2, -0.15) is 10.1 Å². The third-order valence-corrected chi connectivity index (χ3v) is 6.69. The van der Waals surface area contributed by atoms with Crippen molar-refractivity contribution in [2.75, 3.05) is 26.0 Å². The van der Waals surface area contributed by atoms with Crippen LogP contribution in [-0.2, 0) is 13.0 Å². The summed E-state index contributed by atoms with van der Waals surface area (Å²) in [7, 11) is 3.87. The molecule has 0 bridgehead atoms. The second-order valence-corrected chi connectivity index (χ2v) is 8.82. The highest BCUT2D eigenvalue weighted by Crippen LogP contribution is 2.36. The van der Waals surface area contributed by atoms with E-state index in [-0.39, 0.29) is 0 Å². The first-order valence-corrected chi connectivity index (χ1v) is 11.0. The monoisotopic (exact) mass is 406 g/mol. The number of ether oxygens (including phenoxy) is 1. The van der Waals surface area contributed by atoms with Gasteiger partial charge >= 0.3 is 0 Å². The second kappa shape index (κ2) is 7.87. The fraction of sp³-hybridized carbons (Fsp3) is 0.522. The van der Waals surface area contributed by atoms with Crippen LogP contribution in [0.25, 0.3) is 11.0 Å². The SMILES string of the molecule is COc1cc2c(cc1Nc1ncc3cnn([C@H]4CCCC[C@@H]4C)c3n1)CN(C)CC2. The van der Waals surface area contributed by atoms with Crippen LogP contribution in [-0.4, -0.2) is 45.4 Å². The van der Waals surface area contributed by atoms with E-state index in [9.17, 15) is 0 Å². The summed E-state index contributed by atoms with van der Waals surface area (Å²) in [5, 5.41) is 9.06. The molecular weight excluding hydrogens is 376 g/mol. The van der Waals surface area contributed by atoms with E-state index in [0.29, 0.717) is 17.9 Å². The highest BCUT2D eigenvalue weighted by atomic mass is 16.5. The fourth-order valence-electron chi connectivity index (χ4n) is 4.91. The van der Waals surface area contributed by atoms with E-state index in [1.54, 1.807) is 7.11 Å². The molecule has 1 saturated carbocycles. The molecule has 2 aromatic heterocycles. The number of likely N-dealkylation sites (N-methyl/N-ethyl adjacent to an activating group) is 1. The molecule has 3 heterocycles. The molecule has 1 aromatic carbocycles. The van der Waals surface area contributed by atoms with Gasteiger partial charge in [0.05, 0.1) is 30.4 Å². The van der Waals surface area contributed by atoms with Gasteiger partial charge in [0.2, 0.25) is 5.95 Å². The van der Waals surface area contributed by atoms with Crippen molar-refractivity contribution in [3.05, 3.63) is 35.7 Å². The van der Waals surface area contributed by atoms with Crippen molar-refractivity contribution in [1.29, 1.82) is 0 Å². The summed E-state index contributed by atoms with van der Waals surface area (Å²) in [5.74, 6) is 2.03. The average Bonchev–Trinajstić information content (AvgIpc) is 3.16. The zero-order valence-electron chi connectivity index (χ0n) is 18.1. The van der Waals surface area contributed by atoms with Crippen LogP contribution in [0.1, 0.15) is 49.8 Å². The first-order chi connectivity index (χ1) is 14.6. The van der Waals surface area contributed by atoms with Crippen LogP contribution in [0.3, 0.4) is 0 Å². The Kier molecular flexibility index (Phi) is 5.06. The van der Waals surface area contributed by atoms with Crippen molar-refractivity contribution in [2.24, 2.45) is 5.92 Å². The summed E-state index contributed by atoms with van der Waals surface area (Å²) < 4.78 is 7.78. The Hall–Kier alpha value is -2.67. The van der Waals surface area contributed by atoms with Gasteiger partial charge in [0, 0.05) is 19.3 Å². The maximum absolute atomic E-state index is 5.67. The standard InChI is InChI=1S/C23H30N6O/c1-15-6-4-5-7-20(15)29-22-18(13-25-29)12-24-23(27-22)26-19-10-17-14-28(2)9-8-16(17)11-21(19)30-3/h10-13,15,20H,4-9,14H2,1-3H3,(H,24,26,27)/t15-,20-/m0/s1. The van der Waals surface area contributed by atoms with E-state index in [1.807, 2.05) is 12.4 Å². The van der Waals surface area contributed by atoms with E-state index in [0.717, 1.165) is 48.4 Å². The molecule has 0 amide bonds. The number of anilines is 2. The molecule has 1 aliphatic heterocycles. The van der Waals surface area contributed by atoms with Crippen molar-refractivity contribution >= 4 is 22.7 Å². The number of nitrogens with one attached hydrogen (secondary N) is 1. The first-order valence-electron chi connectivity index (χ1n) is 11.0. The molecule has 0 unspecified atom stereocenters. The molecule has 3 aromatic rings. The third kappa shape index (κ3) is 3.51. The molecule has 1 fully saturated rings. The summed E-state index contributed by atoms with van der Waals surface area (Å²) in [4.78, 5) is 11.7. The van der Waals surface area contributed by atoms with Crippen LogP contribution in [0.15, 0.2) is 24.5 Å². The van der Waals surface area contributed by atoms with E-state index < -0.39 is 0 Å². The van der Waals surface area contributed by atoms with Gasteiger partial charge in [0.25, 0.3) is 0 Å². The second-order valence-electron chi connectivity index (χ2n) is 8.82. The molecule has 158 valence electrons. The van der Waals surface area contributed by atoms with Crippen LogP contribution >= 0.6 is 0 Å². The van der Waals surface area contributed by atoms with Gasteiger partial charge in [-0.3, -0.25) is 0 Å². The molecular formula is C23H30N6O. The Morgan fingerprint density at radius 1 is 1.13 bits per heavy atom. The van der Waals surface area contributed by atoms with E-state index in [4.69, 9.17) is 9.72 Å². The normalized spacial score (nSPS) is 22.1. The van der Waals surface area contributed by atoms with Gasteiger partial charge in [0.15, 0.2) is 5.65 Å². The van der Waals surface area contributed by atoms with Crippen molar-refractivity contribution < 1.29 is 4.74 Å². The average molecular weight is 407 g/mol. The van der Waals surface area contributed by atoms with Crippen LogP contribution in [0.4, 0.5) is 11.6 Å². The van der Waals surface area contributed by atoms with Crippen LogP contribution in [0, 0.1) is 5.92 Å². The predicted molar refractivity (Wildman–Crippen MR) is 118 cm³/mol. The third-order valence-electron chi connectivity index (χ3n) is 6.69. The minimum Gasteiger partial charge on any atom is -0.495 e. The Bertz CT molecular complexity index is 1060. The molecule has 0 radical (unpaired) electrons. The molecule has 0 saturated heterocycles. The van der Waals surface area contributed by atoms with Crippen LogP contribution in [0.2, 0.25) is 0 Å². The molecule has 7 heteroatoms. The van der Waals surface area contributed by atoms with Gasteiger partial charge in [-0.05, 0) is 55.5 Å². The zero-order chi connectivity index (χ0) is 20.7. The van der Waals surface area contributed by atoms with Gasteiger partial charge < -0.3 is 15.0 Å². The summed E-state index contributed by atoms with van der Waals surface area (Å²) in [6.45, 7) is 4.35. The van der Waals surface area contributed by atoms with Crippen LogP contribution < -0.4 is 10.1 Å². The molecule has 2 atom stereocenters. The van der Waals surface area contributed by atoms with E-state index in [1.165, 1.54) is 30.4 Å². The topological polar surface area (TPSA) is 68.1 Å². The summed E-state index contributed by atoms with van der Waals surface area (Å²) >= 11 is 0. The number of hydrogen-bond donors (Lipinski definition) is 1. The summed E-state index contributed by atoms with van der Waals surface area (Å²) in [5.41, 5.74) is 4.50. The lowest BCUT2D eigenvalue weighted by Crippen LogP contribution is -2.26. The lowest BCUT2D eigenvalue weighted by Gasteiger charge is -2.29. The lowest BCUT2D eigenvalue weighted by molar-refractivity contribution is 0.245. The first kappa shape index (κ1) is 19.3. The smallest absolute Gasteiger partial charge is 0.229 e. The molecule has 30 heavy (non-hydrogen) atoms. The Morgan fingerprint density at radius 3 is 2.83 bits per heavy atom. The lowest BCUT2D eigenvalue weighted by atomic mass is 9.86. The predicted octanol–water partition coefficient (Wildman–Crippen LogP) is 4.32. The van der Waals surface area contributed by atoms with Gasteiger partial charge in [-0.1, -0.05) is 19.8 Å². The largest absolute Gasteiger partial charge is 0.495 e. The zero-order valence-corrected chi connectivity index (χ0v) is 18.1. The Balaban J connectivity index is 1.48. The molecule has 1 N–H and O–H groups in total. The summed E-state index contributed by atoms with van der Waals surface area (Å²) in [6, 6.07) is 4.74. The highest BCUT2D eigenvalue weighted by molar-refractivity contribution is 5.76. The van der Waals surface area contributed by atoms with E-state index in [2.05, 4.69) is 51.1 Å². The van der Waals surface area contributed by atoms with Crippen molar-refractivity contribution in [2.45, 2.75) is 51.6 Å². The van der Waals surface area contributed by atoms with Gasteiger partial charge in [-0.15, -0.1) is 0 Å². The highest BCUT2D eigenvalue weighted by Gasteiger charge is 2.25. The summed E-state index contributed by atoms with van der Waals surface area (Å²) in [6.07, 6.45) is 9.78. The van der Waals surface area contributed by atoms with Crippen molar-refractivity contribution in [1.82, 2.24) is 24.6 Å². The molecule has 7 nitrogen and oxygen atoms in total. The quantitative estimate of drug-likeness (QED) is 0.696. The number of aromatic nitrogens is 4. The van der Waals surface area contributed by atoms with Crippen molar-refractivity contribution in [3.63, 3.8) is 0 Å². The number of methoxy groups -OCH3 is 1. The Labute approximate surface area is 177 Å². The number of benzene rings is 1. The molecule has 0 spiro atoms. The van der Waals surface area contributed by atoms with Gasteiger partial charge in [0.1, 0.15) is 5.75 Å². The van der Waals surface area contributed by atoms with Crippen LogP contribution in [0.5, 0.6) is 5.75 Å². The minimum atomic E-state index is 0.410. The molecule has 5 rings (SSSR count). The number of hydrogen-bond acceptors (Lipinski definition) is 6. The number of rotatable bonds is 4. The minimum absolute atomic E-state index is 0.410.